The third kappa shape index (κ3) is 5.01. The fourth-order valence-electron chi connectivity index (χ4n) is 3.07. The van der Waals surface area contributed by atoms with Crippen molar-refractivity contribution in [2.45, 2.75) is 19.9 Å². The van der Waals surface area contributed by atoms with Gasteiger partial charge in [0.2, 0.25) is 0 Å². The number of halogens is 2. The maximum atomic E-state index is 13.9. The average Bonchev–Trinajstić information content (AvgIpc) is 3.10. The zero-order valence-corrected chi connectivity index (χ0v) is 18.2. The fourth-order valence-corrected chi connectivity index (χ4v) is 3.07. The number of H-pyrrole nitrogens is 1. The highest BCUT2D eigenvalue weighted by atomic mass is 127. The highest BCUT2D eigenvalue weighted by Gasteiger charge is 2.07. The molecule has 1 heterocycles. The molecule has 3 aromatic rings. The number of benzene rings is 2. The van der Waals surface area contributed by atoms with Gasteiger partial charge in [-0.1, -0.05) is 18.2 Å². The summed E-state index contributed by atoms with van der Waals surface area (Å²) in [6.45, 7) is 3.04. The zero-order valence-electron chi connectivity index (χ0n) is 15.8. The summed E-state index contributed by atoms with van der Waals surface area (Å²) >= 11 is 0. The van der Waals surface area contributed by atoms with E-state index in [-0.39, 0.29) is 36.3 Å². The van der Waals surface area contributed by atoms with Gasteiger partial charge in [0, 0.05) is 42.8 Å². The van der Waals surface area contributed by atoms with E-state index in [0.717, 1.165) is 6.42 Å². The van der Waals surface area contributed by atoms with Crippen molar-refractivity contribution < 1.29 is 4.39 Å². The standard InChI is InChI=1S/C21H22FN5.HI/c1-14-4-3-5-18-16(12-26-20(14)18)8-9-25-21(24-2)27-13-17-10-15(11-23)6-7-19(17)22;/h3-7,10,12,26H,8-9,13H2,1-2H3,(H2,24,25,27);1H. The maximum absolute atomic E-state index is 13.9. The van der Waals surface area contributed by atoms with E-state index in [1.54, 1.807) is 13.1 Å². The van der Waals surface area contributed by atoms with Crippen molar-refractivity contribution in [2.24, 2.45) is 4.99 Å². The van der Waals surface area contributed by atoms with Gasteiger partial charge in [0.1, 0.15) is 5.82 Å². The van der Waals surface area contributed by atoms with Gasteiger partial charge in [-0.2, -0.15) is 5.26 Å². The summed E-state index contributed by atoms with van der Waals surface area (Å²) in [5, 5.41) is 16.5. The van der Waals surface area contributed by atoms with Crippen LogP contribution in [0.1, 0.15) is 22.3 Å². The Bertz CT molecular complexity index is 1020. The number of aromatic amines is 1. The van der Waals surface area contributed by atoms with Crippen molar-refractivity contribution in [1.82, 2.24) is 15.6 Å². The van der Waals surface area contributed by atoms with E-state index in [0.29, 0.717) is 23.6 Å². The number of aromatic nitrogens is 1. The van der Waals surface area contributed by atoms with Crippen molar-refractivity contribution in [3.8, 4) is 6.07 Å². The number of guanidine groups is 1. The molecule has 0 amide bonds. The molecule has 0 fully saturated rings. The topological polar surface area (TPSA) is 76.0 Å². The smallest absolute Gasteiger partial charge is 0.191 e. The highest BCUT2D eigenvalue weighted by molar-refractivity contribution is 14.0. The van der Waals surface area contributed by atoms with Gasteiger partial charge >= 0.3 is 0 Å². The van der Waals surface area contributed by atoms with E-state index in [4.69, 9.17) is 5.26 Å². The van der Waals surface area contributed by atoms with E-state index < -0.39 is 0 Å². The molecule has 3 N–H and O–H groups in total. The van der Waals surface area contributed by atoms with Crippen molar-refractivity contribution in [1.29, 1.82) is 5.26 Å². The molecule has 0 aliphatic rings. The van der Waals surface area contributed by atoms with Crippen LogP contribution in [0.4, 0.5) is 4.39 Å². The Labute approximate surface area is 181 Å². The summed E-state index contributed by atoms with van der Waals surface area (Å²) in [6.07, 6.45) is 2.88. The minimum atomic E-state index is -0.342. The van der Waals surface area contributed by atoms with Crippen molar-refractivity contribution in [3.63, 3.8) is 0 Å². The van der Waals surface area contributed by atoms with Gasteiger partial charge in [0.25, 0.3) is 0 Å². The highest BCUT2D eigenvalue weighted by Crippen LogP contribution is 2.21. The lowest BCUT2D eigenvalue weighted by molar-refractivity contribution is 0.604. The fraction of sp³-hybridized carbons (Fsp3) is 0.238. The van der Waals surface area contributed by atoms with E-state index >= 15 is 0 Å². The van der Waals surface area contributed by atoms with Gasteiger partial charge in [0.15, 0.2) is 5.96 Å². The van der Waals surface area contributed by atoms with Gasteiger partial charge in [-0.05, 0) is 42.7 Å². The van der Waals surface area contributed by atoms with E-state index in [2.05, 4.69) is 45.7 Å². The average molecular weight is 491 g/mol. The van der Waals surface area contributed by atoms with Gasteiger partial charge in [-0.15, -0.1) is 24.0 Å². The minimum Gasteiger partial charge on any atom is -0.361 e. The molecule has 1 aromatic heterocycles. The first-order valence-electron chi connectivity index (χ1n) is 8.81. The number of rotatable bonds is 5. The Morgan fingerprint density at radius 2 is 2.04 bits per heavy atom. The SMILES string of the molecule is CN=C(NCCc1c[nH]c2c(C)cccc12)NCc1cc(C#N)ccc1F.I. The molecule has 28 heavy (non-hydrogen) atoms. The van der Waals surface area contributed by atoms with Gasteiger partial charge in [-0.3, -0.25) is 4.99 Å². The Kier molecular flexibility index (Phi) is 7.81. The largest absolute Gasteiger partial charge is 0.361 e. The number of aryl methyl sites for hydroxylation is 1. The second kappa shape index (κ2) is 10.1. The summed E-state index contributed by atoms with van der Waals surface area (Å²) in [6, 6.07) is 12.6. The van der Waals surface area contributed by atoms with Crippen LogP contribution in [0, 0.1) is 24.1 Å². The summed E-state index contributed by atoms with van der Waals surface area (Å²) in [5.41, 5.74) is 4.51. The first-order valence-corrected chi connectivity index (χ1v) is 8.81. The Balaban J connectivity index is 0.00000280. The molecule has 7 heteroatoms. The van der Waals surface area contributed by atoms with Crippen molar-refractivity contribution in [2.75, 3.05) is 13.6 Å². The molecule has 0 saturated heterocycles. The Morgan fingerprint density at radius 3 is 2.79 bits per heavy atom. The molecule has 0 unspecified atom stereocenters. The van der Waals surface area contributed by atoms with Crippen LogP contribution in [0.2, 0.25) is 0 Å². The van der Waals surface area contributed by atoms with Gasteiger partial charge in [0.05, 0.1) is 11.6 Å². The first-order chi connectivity index (χ1) is 13.1. The number of nitrogens with zero attached hydrogens (tertiary/aromatic N) is 2. The van der Waals surface area contributed by atoms with Gasteiger partial charge < -0.3 is 15.6 Å². The first kappa shape index (κ1) is 21.7. The van der Waals surface area contributed by atoms with Crippen molar-refractivity contribution in [3.05, 3.63) is 70.7 Å². The van der Waals surface area contributed by atoms with Crippen LogP contribution in [-0.4, -0.2) is 24.5 Å². The van der Waals surface area contributed by atoms with E-state index in [1.165, 1.54) is 34.2 Å². The number of para-hydroxylation sites is 1. The monoisotopic (exact) mass is 491 g/mol. The number of nitriles is 1. The summed E-state index contributed by atoms with van der Waals surface area (Å²) < 4.78 is 13.9. The second-order valence-corrected chi connectivity index (χ2v) is 6.33. The predicted octanol–water partition coefficient (Wildman–Crippen LogP) is 4.01. The number of hydrogen-bond donors (Lipinski definition) is 3. The summed E-state index contributed by atoms with van der Waals surface area (Å²) in [7, 11) is 1.67. The molecule has 2 aromatic carbocycles. The Morgan fingerprint density at radius 1 is 1.21 bits per heavy atom. The lowest BCUT2D eigenvalue weighted by Crippen LogP contribution is -2.38. The number of nitrogens with one attached hydrogen (secondary N) is 3. The van der Waals surface area contributed by atoms with Gasteiger partial charge in [-0.25, -0.2) is 4.39 Å². The normalized spacial score (nSPS) is 11.0. The zero-order chi connectivity index (χ0) is 19.2. The van der Waals surface area contributed by atoms with E-state index in [9.17, 15) is 4.39 Å². The maximum Gasteiger partial charge on any atom is 0.191 e. The molecule has 0 radical (unpaired) electrons. The number of aliphatic imine (C=N–C) groups is 1. The van der Waals surface area contributed by atoms with Crippen LogP contribution in [0.25, 0.3) is 10.9 Å². The molecule has 146 valence electrons. The second-order valence-electron chi connectivity index (χ2n) is 6.33. The van der Waals surface area contributed by atoms with Crippen LogP contribution in [0.15, 0.2) is 47.6 Å². The van der Waals surface area contributed by atoms with Crippen LogP contribution < -0.4 is 10.6 Å². The van der Waals surface area contributed by atoms with Crippen LogP contribution in [0.5, 0.6) is 0 Å². The third-order valence-corrected chi connectivity index (χ3v) is 4.54. The molecule has 0 bridgehead atoms. The summed E-state index contributed by atoms with van der Waals surface area (Å²) in [5.74, 6) is 0.249. The molecule has 0 spiro atoms. The molecule has 3 rings (SSSR count). The van der Waals surface area contributed by atoms with Crippen LogP contribution in [0.3, 0.4) is 0 Å². The summed E-state index contributed by atoms with van der Waals surface area (Å²) in [4.78, 5) is 7.50. The quantitative estimate of drug-likeness (QED) is 0.287. The molecule has 0 aliphatic heterocycles. The molecule has 0 aliphatic carbocycles. The van der Waals surface area contributed by atoms with Crippen molar-refractivity contribution >= 4 is 40.8 Å². The molecule has 5 nitrogen and oxygen atoms in total. The lowest BCUT2D eigenvalue weighted by Gasteiger charge is -2.12. The molecular formula is C21H23FIN5. The lowest BCUT2D eigenvalue weighted by atomic mass is 10.1. The predicted molar refractivity (Wildman–Crippen MR) is 121 cm³/mol. The van der Waals surface area contributed by atoms with Crippen LogP contribution >= 0.6 is 24.0 Å². The van der Waals surface area contributed by atoms with E-state index in [1.807, 2.05) is 12.3 Å². The number of hydrogen-bond acceptors (Lipinski definition) is 2. The van der Waals surface area contributed by atoms with Crippen LogP contribution in [-0.2, 0) is 13.0 Å². The third-order valence-electron chi connectivity index (χ3n) is 4.54. The number of fused-ring (bicyclic) bond motifs is 1. The minimum absolute atomic E-state index is 0. The Hall–Kier alpha value is -2.60. The molecule has 0 saturated carbocycles. The molecule has 0 atom stereocenters. The molecular weight excluding hydrogens is 468 g/mol.